The Bertz CT molecular complexity index is 1410. The summed E-state index contributed by atoms with van der Waals surface area (Å²) in [5, 5.41) is 3.58. The number of nitrogens with two attached hydrogens (primary N) is 1. The number of anilines is 2. The molecule has 156 valence electrons. The zero-order valence-corrected chi connectivity index (χ0v) is 17.7. The fourth-order valence-electron chi connectivity index (χ4n) is 3.61. The van der Waals surface area contributed by atoms with E-state index < -0.39 is 0 Å². The molecule has 32 heavy (non-hydrogen) atoms. The second-order valence-corrected chi connectivity index (χ2v) is 8.27. The lowest BCUT2D eigenvalue weighted by Gasteiger charge is -2.09. The molecule has 5 aromatic rings. The molecule has 0 fully saturated rings. The average Bonchev–Trinajstić information content (AvgIpc) is 3.17. The number of nitrogens with zero attached hydrogens (tertiary/aromatic N) is 1. The Hall–Kier alpha value is -4.03. The number of nitrogen functional groups attached to an aromatic ring is 1. The summed E-state index contributed by atoms with van der Waals surface area (Å²) in [5.41, 5.74) is 10.8. The van der Waals surface area contributed by atoms with E-state index in [4.69, 9.17) is 10.7 Å². The normalized spacial score (nSPS) is 10.9. The first-order valence-electron chi connectivity index (χ1n) is 10.0. The third-order valence-corrected chi connectivity index (χ3v) is 6.26. The maximum atomic E-state index is 13.6. The Morgan fingerprint density at radius 3 is 2.22 bits per heavy atom. The van der Waals surface area contributed by atoms with E-state index >= 15 is 0 Å². The number of thiophene rings is 1. The monoisotopic (exact) mass is 439 g/mol. The van der Waals surface area contributed by atoms with E-state index in [9.17, 15) is 9.18 Å². The van der Waals surface area contributed by atoms with Crippen LogP contribution in [0.3, 0.4) is 0 Å². The minimum absolute atomic E-state index is 0.289. The van der Waals surface area contributed by atoms with Gasteiger partial charge >= 0.3 is 0 Å². The Kier molecular flexibility index (Phi) is 5.13. The maximum Gasteiger partial charge on any atom is 0.267 e. The summed E-state index contributed by atoms with van der Waals surface area (Å²) in [6.07, 6.45) is 0. The van der Waals surface area contributed by atoms with Crippen molar-refractivity contribution in [1.82, 2.24) is 4.98 Å². The molecule has 0 saturated carbocycles. The van der Waals surface area contributed by atoms with Gasteiger partial charge in [-0.05, 0) is 41.5 Å². The van der Waals surface area contributed by atoms with Gasteiger partial charge in [0.1, 0.15) is 15.5 Å². The third kappa shape index (κ3) is 3.72. The number of amides is 1. The molecule has 3 aromatic carbocycles. The van der Waals surface area contributed by atoms with Crippen LogP contribution >= 0.6 is 11.3 Å². The van der Waals surface area contributed by atoms with Gasteiger partial charge in [-0.25, -0.2) is 9.37 Å². The van der Waals surface area contributed by atoms with Crippen molar-refractivity contribution in [3.05, 3.63) is 102 Å². The van der Waals surface area contributed by atoms with Crippen molar-refractivity contribution in [3.8, 4) is 22.4 Å². The van der Waals surface area contributed by atoms with Gasteiger partial charge in [0.25, 0.3) is 5.91 Å². The average molecular weight is 440 g/mol. The number of para-hydroxylation sites is 1. The molecule has 0 aliphatic heterocycles. The van der Waals surface area contributed by atoms with E-state index in [-0.39, 0.29) is 11.7 Å². The van der Waals surface area contributed by atoms with Crippen molar-refractivity contribution < 1.29 is 9.18 Å². The van der Waals surface area contributed by atoms with Crippen LogP contribution in [0.1, 0.15) is 9.67 Å². The molecular formula is C26H18FN3OS. The van der Waals surface area contributed by atoms with Gasteiger partial charge in [0.2, 0.25) is 0 Å². The molecular weight excluding hydrogens is 421 g/mol. The van der Waals surface area contributed by atoms with Gasteiger partial charge in [0.15, 0.2) is 0 Å². The van der Waals surface area contributed by atoms with Gasteiger partial charge in [-0.1, -0.05) is 60.7 Å². The van der Waals surface area contributed by atoms with E-state index in [1.807, 2.05) is 66.7 Å². The molecule has 4 nitrogen and oxygen atoms in total. The van der Waals surface area contributed by atoms with Crippen molar-refractivity contribution in [1.29, 1.82) is 0 Å². The number of carbonyl (C=O) groups excluding carboxylic acids is 1. The highest BCUT2D eigenvalue weighted by Gasteiger charge is 2.21. The Labute approximate surface area is 188 Å². The number of carbonyl (C=O) groups is 1. The number of rotatable bonds is 4. The molecule has 1 amide bonds. The predicted octanol–water partition coefficient (Wildman–Crippen LogP) is 6.60. The first-order valence-corrected chi connectivity index (χ1v) is 10.8. The van der Waals surface area contributed by atoms with Crippen LogP contribution in [0.4, 0.5) is 15.8 Å². The van der Waals surface area contributed by atoms with E-state index in [1.54, 1.807) is 12.1 Å². The Morgan fingerprint density at radius 1 is 0.875 bits per heavy atom. The molecule has 0 bridgehead atoms. The number of benzene rings is 3. The zero-order chi connectivity index (χ0) is 22.1. The second kappa shape index (κ2) is 8.24. The highest BCUT2D eigenvalue weighted by atomic mass is 32.1. The molecule has 2 heterocycles. The minimum Gasteiger partial charge on any atom is -0.397 e. The van der Waals surface area contributed by atoms with Crippen molar-refractivity contribution in [2.75, 3.05) is 11.1 Å². The fraction of sp³-hybridized carbons (Fsp3) is 0. The quantitative estimate of drug-likeness (QED) is 0.331. The van der Waals surface area contributed by atoms with Crippen LogP contribution in [0.5, 0.6) is 0 Å². The molecule has 6 heteroatoms. The lowest BCUT2D eigenvalue weighted by Crippen LogP contribution is -2.11. The lowest BCUT2D eigenvalue weighted by atomic mass is 9.99. The van der Waals surface area contributed by atoms with Gasteiger partial charge in [-0.2, -0.15) is 0 Å². The Balaban J connectivity index is 1.69. The summed E-state index contributed by atoms with van der Waals surface area (Å²) < 4.78 is 13.6. The summed E-state index contributed by atoms with van der Waals surface area (Å²) in [5.74, 6) is -0.605. The highest BCUT2D eigenvalue weighted by molar-refractivity contribution is 7.21. The lowest BCUT2D eigenvalue weighted by molar-refractivity contribution is 0.103. The summed E-state index contributed by atoms with van der Waals surface area (Å²) in [6.45, 7) is 0. The number of nitrogens with one attached hydrogen (secondary N) is 1. The molecule has 0 aliphatic rings. The number of aromatic nitrogens is 1. The minimum atomic E-state index is -0.316. The topological polar surface area (TPSA) is 68.0 Å². The van der Waals surface area contributed by atoms with Crippen molar-refractivity contribution in [2.45, 2.75) is 0 Å². The van der Waals surface area contributed by atoms with Crippen LogP contribution in [0.25, 0.3) is 32.6 Å². The molecule has 2 aromatic heterocycles. The number of halogens is 1. The van der Waals surface area contributed by atoms with Crippen molar-refractivity contribution in [3.63, 3.8) is 0 Å². The number of pyridine rings is 1. The summed E-state index contributed by atoms with van der Waals surface area (Å²) >= 11 is 1.25. The number of hydrogen-bond donors (Lipinski definition) is 2. The first-order chi connectivity index (χ1) is 15.6. The number of fused-ring (bicyclic) bond motifs is 1. The number of hydrogen-bond acceptors (Lipinski definition) is 4. The standard InChI is InChI=1S/C26H18FN3OS/c27-18-13-11-16(12-14-18)20-15-21(17-7-3-1-4-8-17)30-26-22(20)23(28)24(32-26)25(31)29-19-9-5-2-6-10-19/h1-15H,28H2,(H,29,31). The van der Waals surface area contributed by atoms with Gasteiger partial charge in [-0.15, -0.1) is 11.3 Å². The highest BCUT2D eigenvalue weighted by Crippen LogP contribution is 2.41. The summed E-state index contributed by atoms with van der Waals surface area (Å²) in [7, 11) is 0. The molecule has 0 aliphatic carbocycles. The van der Waals surface area contributed by atoms with Crippen LogP contribution in [-0.4, -0.2) is 10.9 Å². The van der Waals surface area contributed by atoms with E-state index in [1.165, 1.54) is 23.5 Å². The molecule has 0 unspecified atom stereocenters. The summed E-state index contributed by atoms with van der Waals surface area (Å²) in [4.78, 5) is 18.8. The Morgan fingerprint density at radius 2 is 1.53 bits per heavy atom. The van der Waals surface area contributed by atoms with Gasteiger partial charge in [0, 0.05) is 16.6 Å². The van der Waals surface area contributed by atoms with Crippen LogP contribution in [0.2, 0.25) is 0 Å². The van der Waals surface area contributed by atoms with Crippen LogP contribution in [0.15, 0.2) is 91.0 Å². The van der Waals surface area contributed by atoms with Gasteiger partial charge in [0.05, 0.1) is 11.4 Å². The molecule has 0 saturated heterocycles. The van der Waals surface area contributed by atoms with E-state index in [0.29, 0.717) is 26.5 Å². The van der Waals surface area contributed by atoms with E-state index in [0.717, 1.165) is 22.4 Å². The SMILES string of the molecule is Nc1c(C(=O)Nc2ccccc2)sc2nc(-c3ccccc3)cc(-c3ccc(F)cc3)c12. The second-order valence-electron chi connectivity index (χ2n) is 7.27. The van der Waals surface area contributed by atoms with Crippen molar-refractivity contribution in [2.24, 2.45) is 0 Å². The molecule has 5 rings (SSSR count). The predicted molar refractivity (Wildman–Crippen MR) is 129 cm³/mol. The van der Waals surface area contributed by atoms with Gasteiger partial charge < -0.3 is 11.1 Å². The van der Waals surface area contributed by atoms with Gasteiger partial charge in [-0.3, -0.25) is 4.79 Å². The maximum absolute atomic E-state index is 13.6. The fourth-order valence-corrected chi connectivity index (χ4v) is 4.63. The largest absolute Gasteiger partial charge is 0.397 e. The molecule has 0 atom stereocenters. The first kappa shape index (κ1) is 19.9. The smallest absolute Gasteiger partial charge is 0.267 e. The summed E-state index contributed by atoms with van der Waals surface area (Å²) in [6, 6.07) is 27.2. The van der Waals surface area contributed by atoms with Crippen LogP contribution in [-0.2, 0) is 0 Å². The van der Waals surface area contributed by atoms with Crippen LogP contribution in [0, 0.1) is 5.82 Å². The zero-order valence-electron chi connectivity index (χ0n) is 16.9. The molecule has 0 spiro atoms. The molecule has 3 N–H and O–H groups in total. The molecule has 0 radical (unpaired) electrons. The van der Waals surface area contributed by atoms with E-state index in [2.05, 4.69) is 5.32 Å². The van der Waals surface area contributed by atoms with Crippen LogP contribution < -0.4 is 11.1 Å². The third-order valence-electron chi connectivity index (χ3n) is 5.16. The van der Waals surface area contributed by atoms with Crippen molar-refractivity contribution >= 4 is 38.8 Å².